The van der Waals surface area contributed by atoms with Gasteiger partial charge < -0.3 is 10.1 Å². The fourth-order valence-electron chi connectivity index (χ4n) is 0.780. The molecule has 0 saturated heterocycles. The predicted molar refractivity (Wildman–Crippen MR) is 42.2 cm³/mol. The molecule has 11 heavy (non-hydrogen) atoms. The fraction of sp³-hybridized carbons (Fsp3) is 0.571. The summed E-state index contributed by atoms with van der Waals surface area (Å²) in [6.45, 7) is 2.44. The summed E-state index contributed by atoms with van der Waals surface area (Å²) in [7, 11) is 1.69. The molecule has 2 N–H and O–H groups in total. The number of ether oxygens (including phenoxy) is 1. The number of rotatable bonds is 5. The van der Waals surface area contributed by atoms with E-state index in [9.17, 15) is 0 Å². The molecule has 1 aromatic rings. The van der Waals surface area contributed by atoms with E-state index in [4.69, 9.17) is 4.74 Å². The smallest absolute Gasteiger partial charge is 0.0587 e. The van der Waals surface area contributed by atoms with Crippen LogP contribution in [0.25, 0.3) is 0 Å². The Hall–Kier alpha value is -0.870. The second kappa shape index (κ2) is 4.87. The molecule has 0 amide bonds. The lowest BCUT2D eigenvalue weighted by Gasteiger charge is -2.00. The van der Waals surface area contributed by atoms with E-state index < -0.39 is 0 Å². The highest BCUT2D eigenvalue weighted by molar-refractivity contribution is 4.96. The van der Waals surface area contributed by atoms with Crippen LogP contribution < -0.4 is 5.32 Å². The SMILES string of the molecule is COCCNCc1ccn[nH]1. The number of methoxy groups -OCH3 is 1. The Morgan fingerprint density at radius 2 is 2.64 bits per heavy atom. The number of hydrogen-bond acceptors (Lipinski definition) is 3. The van der Waals surface area contributed by atoms with Crippen molar-refractivity contribution in [2.75, 3.05) is 20.3 Å². The Morgan fingerprint density at radius 3 is 3.27 bits per heavy atom. The molecule has 4 heteroatoms. The number of nitrogens with zero attached hydrogens (tertiary/aromatic N) is 1. The molecule has 1 heterocycles. The monoisotopic (exact) mass is 155 g/mol. The highest BCUT2D eigenvalue weighted by Crippen LogP contribution is 1.88. The van der Waals surface area contributed by atoms with E-state index >= 15 is 0 Å². The van der Waals surface area contributed by atoms with Crippen molar-refractivity contribution in [3.8, 4) is 0 Å². The number of nitrogens with one attached hydrogen (secondary N) is 2. The van der Waals surface area contributed by atoms with E-state index in [2.05, 4.69) is 15.5 Å². The molecule has 0 aliphatic carbocycles. The molecular weight excluding hydrogens is 142 g/mol. The van der Waals surface area contributed by atoms with Crippen LogP contribution >= 0.6 is 0 Å². The van der Waals surface area contributed by atoms with Gasteiger partial charge in [-0.15, -0.1) is 0 Å². The maximum Gasteiger partial charge on any atom is 0.0587 e. The van der Waals surface area contributed by atoms with Gasteiger partial charge in [0.1, 0.15) is 0 Å². The molecule has 0 aliphatic rings. The van der Waals surface area contributed by atoms with E-state index in [1.165, 1.54) is 0 Å². The summed E-state index contributed by atoms with van der Waals surface area (Å²) < 4.78 is 4.87. The van der Waals surface area contributed by atoms with Crippen molar-refractivity contribution in [2.24, 2.45) is 0 Å². The zero-order valence-electron chi connectivity index (χ0n) is 6.63. The van der Waals surface area contributed by atoms with Crippen LogP contribution in [0.4, 0.5) is 0 Å². The van der Waals surface area contributed by atoms with Crippen molar-refractivity contribution >= 4 is 0 Å². The molecule has 0 saturated carbocycles. The van der Waals surface area contributed by atoms with Gasteiger partial charge in [0.2, 0.25) is 0 Å². The number of hydrogen-bond donors (Lipinski definition) is 2. The summed E-state index contributed by atoms with van der Waals surface area (Å²) in [5.74, 6) is 0. The molecule has 4 nitrogen and oxygen atoms in total. The lowest BCUT2D eigenvalue weighted by Crippen LogP contribution is -2.18. The number of aromatic amines is 1. The summed E-state index contributed by atoms with van der Waals surface area (Å²) in [5.41, 5.74) is 1.10. The van der Waals surface area contributed by atoms with Crippen molar-refractivity contribution in [3.63, 3.8) is 0 Å². The molecule has 0 aromatic carbocycles. The van der Waals surface area contributed by atoms with Crippen LogP contribution in [0.15, 0.2) is 12.3 Å². The average Bonchev–Trinajstić information content (AvgIpc) is 2.50. The Labute approximate surface area is 66.0 Å². The minimum atomic E-state index is 0.744. The first kappa shape index (κ1) is 8.23. The highest BCUT2D eigenvalue weighted by atomic mass is 16.5. The van der Waals surface area contributed by atoms with Gasteiger partial charge >= 0.3 is 0 Å². The zero-order chi connectivity index (χ0) is 7.94. The third-order valence-corrected chi connectivity index (χ3v) is 1.36. The van der Waals surface area contributed by atoms with Crippen molar-refractivity contribution in [3.05, 3.63) is 18.0 Å². The molecule has 0 fully saturated rings. The molecule has 1 rings (SSSR count). The van der Waals surface area contributed by atoms with Crippen LogP contribution in [-0.2, 0) is 11.3 Å². The van der Waals surface area contributed by atoms with E-state index in [-0.39, 0.29) is 0 Å². The van der Waals surface area contributed by atoms with Crippen LogP contribution in [0.2, 0.25) is 0 Å². The van der Waals surface area contributed by atoms with Gasteiger partial charge in [0.25, 0.3) is 0 Å². The Morgan fingerprint density at radius 1 is 1.73 bits per heavy atom. The van der Waals surface area contributed by atoms with Crippen molar-refractivity contribution < 1.29 is 4.74 Å². The quantitative estimate of drug-likeness (QED) is 0.595. The standard InChI is InChI=1S/C7H13N3O/c1-11-5-4-8-6-7-2-3-9-10-7/h2-3,8H,4-6H2,1H3,(H,9,10). The summed E-state index contributed by atoms with van der Waals surface area (Å²) in [4.78, 5) is 0. The molecule has 0 bridgehead atoms. The lowest BCUT2D eigenvalue weighted by molar-refractivity contribution is 0.199. The number of aromatic nitrogens is 2. The van der Waals surface area contributed by atoms with Gasteiger partial charge in [-0.25, -0.2) is 0 Å². The molecule has 0 atom stereocenters. The summed E-state index contributed by atoms with van der Waals surface area (Å²) in [5, 5.41) is 9.88. The molecule has 0 aliphatic heterocycles. The van der Waals surface area contributed by atoms with Crippen LogP contribution in [-0.4, -0.2) is 30.5 Å². The van der Waals surface area contributed by atoms with Crippen molar-refractivity contribution in [1.29, 1.82) is 0 Å². The predicted octanol–water partition coefficient (Wildman–Crippen LogP) is 0.146. The molecule has 1 aromatic heterocycles. The van der Waals surface area contributed by atoms with Crippen LogP contribution in [0.5, 0.6) is 0 Å². The first-order valence-corrected chi connectivity index (χ1v) is 3.61. The summed E-state index contributed by atoms with van der Waals surface area (Å²) >= 11 is 0. The highest BCUT2D eigenvalue weighted by Gasteiger charge is 1.90. The van der Waals surface area contributed by atoms with E-state index in [1.54, 1.807) is 13.3 Å². The second-order valence-electron chi connectivity index (χ2n) is 2.25. The first-order valence-electron chi connectivity index (χ1n) is 3.61. The first-order chi connectivity index (χ1) is 5.43. The molecular formula is C7H13N3O. The van der Waals surface area contributed by atoms with Gasteiger partial charge in [-0.3, -0.25) is 5.10 Å². The van der Waals surface area contributed by atoms with E-state index in [0.717, 1.165) is 25.4 Å². The lowest BCUT2D eigenvalue weighted by atomic mass is 10.4. The second-order valence-corrected chi connectivity index (χ2v) is 2.25. The summed E-state index contributed by atoms with van der Waals surface area (Å²) in [6.07, 6.45) is 1.74. The van der Waals surface area contributed by atoms with Gasteiger partial charge in [-0.1, -0.05) is 0 Å². The van der Waals surface area contributed by atoms with Gasteiger partial charge in [0.05, 0.1) is 6.61 Å². The van der Waals surface area contributed by atoms with E-state index in [0.29, 0.717) is 0 Å². The largest absolute Gasteiger partial charge is 0.383 e. The third kappa shape index (κ3) is 3.15. The van der Waals surface area contributed by atoms with Crippen LogP contribution in [0.1, 0.15) is 5.69 Å². The Bertz CT molecular complexity index is 174. The van der Waals surface area contributed by atoms with Crippen LogP contribution in [0, 0.1) is 0 Å². The van der Waals surface area contributed by atoms with Crippen molar-refractivity contribution in [1.82, 2.24) is 15.5 Å². The van der Waals surface area contributed by atoms with Gasteiger partial charge in [0.15, 0.2) is 0 Å². The maximum absolute atomic E-state index is 4.87. The Kier molecular flexibility index (Phi) is 3.64. The summed E-state index contributed by atoms with van der Waals surface area (Å²) in [6, 6.07) is 1.94. The van der Waals surface area contributed by atoms with Gasteiger partial charge in [-0.05, 0) is 6.07 Å². The third-order valence-electron chi connectivity index (χ3n) is 1.36. The molecule has 62 valence electrons. The minimum Gasteiger partial charge on any atom is -0.383 e. The zero-order valence-corrected chi connectivity index (χ0v) is 6.63. The van der Waals surface area contributed by atoms with Crippen LogP contribution in [0.3, 0.4) is 0 Å². The minimum absolute atomic E-state index is 0.744. The Balaban J connectivity index is 2.04. The molecule has 0 spiro atoms. The molecule has 0 radical (unpaired) electrons. The maximum atomic E-state index is 4.87. The van der Waals surface area contributed by atoms with Crippen molar-refractivity contribution in [2.45, 2.75) is 6.54 Å². The average molecular weight is 155 g/mol. The topological polar surface area (TPSA) is 49.9 Å². The van der Waals surface area contributed by atoms with Gasteiger partial charge in [-0.2, -0.15) is 5.10 Å². The fourth-order valence-corrected chi connectivity index (χ4v) is 0.780. The normalized spacial score (nSPS) is 10.3. The number of H-pyrrole nitrogens is 1. The van der Waals surface area contributed by atoms with Gasteiger partial charge in [0, 0.05) is 32.1 Å². The molecule has 0 unspecified atom stereocenters. The van der Waals surface area contributed by atoms with E-state index in [1.807, 2.05) is 6.07 Å².